The first-order chi connectivity index (χ1) is 9.03. The Balaban J connectivity index is 1.82. The summed E-state index contributed by atoms with van der Waals surface area (Å²) >= 11 is 0. The molecule has 0 bridgehead atoms. The van der Waals surface area contributed by atoms with Gasteiger partial charge >= 0.3 is 0 Å². The molecule has 19 heavy (non-hydrogen) atoms. The molecule has 3 nitrogen and oxygen atoms in total. The highest BCUT2D eigenvalue weighted by Gasteiger charge is 2.13. The van der Waals surface area contributed by atoms with Crippen molar-refractivity contribution >= 4 is 0 Å². The molecule has 1 saturated heterocycles. The van der Waals surface area contributed by atoms with Crippen molar-refractivity contribution in [3.8, 4) is 0 Å². The molecular weight excluding hydrogens is 236 g/mol. The van der Waals surface area contributed by atoms with E-state index in [1.165, 1.54) is 38.8 Å². The van der Waals surface area contributed by atoms with E-state index < -0.39 is 0 Å². The highest BCUT2D eigenvalue weighted by molar-refractivity contribution is 5.07. The van der Waals surface area contributed by atoms with Gasteiger partial charge in [0.05, 0.1) is 13.1 Å². The SMILES string of the molecule is CC(C)(C)NCc1ccc(CN2CCCCCC2)o1. The second kappa shape index (κ2) is 6.58. The average molecular weight is 264 g/mol. The molecule has 0 aliphatic carbocycles. The number of rotatable bonds is 4. The molecule has 0 saturated carbocycles. The van der Waals surface area contributed by atoms with E-state index in [1.807, 2.05) is 0 Å². The summed E-state index contributed by atoms with van der Waals surface area (Å²) in [6.07, 6.45) is 5.43. The fraction of sp³-hybridized carbons (Fsp3) is 0.750. The van der Waals surface area contributed by atoms with Gasteiger partial charge < -0.3 is 9.73 Å². The van der Waals surface area contributed by atoms with Crippen LogP contribution in [0.25, 0.3) is 0 Å². The van der Waals surface area contributed by atoms with E-state index in [0.29, 0.717) is 0 Å². The predicted octanol–water partition coefficient (Wildman–Crippen LogP) is 3.54. The van der Waals surface area contributed by atoms with Crippen molar-refractivity contribution in [2.24, 2.45) is 0 Å². The molecule has 0 amide bonds. The zero-order chi connectivity index (χ0) is 13.7. The van der Waals surface area contributed by atoms with Crippen LogP contribution in [0.5, 0.6) is 0 Å². The van der Waals surface area contributed by atoms with Crippen LogP contribution in [0, 0.1) is 0 Å². The highest BCUT2D eigenvalue weighted by Crippen LogP contribution is 2.15. The molecule has 1 N–H and O–H groups in total. The molecular formula is C16H28N2O. The van der Waals surface area contributed by atoms with E-state index in [-0.39, 0.29) is 5.54 Å². The summed E-state index contributed by atoms with van der Waals surface area (Å²) in [6.45, 7) is 10.7. The van der Waals surface area contributed by atoms with E-state index in [4.69, 9.17) is 4.42 Å². The third-order valence-corrected chi connectivity index (χ3v) is 3.59. The molecule has 108 valence electrons. The number of likely N-dealkylation sites (tertiary alicyclic amines) is 1. The van der Waals surface area contributed by atoms with Gasteiger partial charge in [-0.25, -0.2) is 0 Å². The van der Waals surface area contributed by atoms with E-state index >= 15 is 0 Å². The molecule has 1 aliphatic rings. The quantitative estimate of drug-likeness (QED) is 0.901. The molecule has 2 heterocycles. The largest absolute Gasteiger partial charge is 0.463 e. The fourth-order valence-corrected chi connectivity index (χ4v) is 2.47. The minimum absolute atomic E-state index is 0.137. The first-order valence-corrected chi connectivity index (χ1v) is 7.58. The molecule has 1 fully saturated rings. The maximum Gasteiger partial charge on any atom is 0.118 e. The molecule has 0 aromatic carbocycles. The average Bonchev–Trinajstić information content (AvgIpc) is 2.61. The zero-order valence-electron chi connectivity index (χ0n) is 12.7. The van der Waals surface area contributed by atoms with Crippen molar-refractivity contribution in [2.75, 3.05) is 13.1 Å². The summed E-state index contributed by atoms with van der Waals surface area (Å²) in [5, 5.41) is 3.46. The smallest absolute Gasteiger partial charge is 0.118 e. The van der Waals surface area contributed by atoms with Crippen LogP contribution in [0.15, 0.2) is 16.5 Å². The fourth-order valence-electron chi connectivity index (χ4n) is 2.47. The van der Waals surface area contributed by atoms with Crippen LogP contribution in [-0.4, -0.2) is 23.5 Å². The van der Waals surface area contributed by atoms with Gasteiger partial charge in [-0.1, -0.05) is 12.8 Å². The molecule has 2 rings (SSSR count). The minimum atomic E-state index is 0.137. The van der Waals surface area contributed by atoms with Crippen molar-refractivity contribution in [3.05, 3.63) is 23.7 Å². The van der Waals surface area contributed by atoms with E-state index in [0.717, 1.165) is 24.6 Å². The van der Waals surface area contributed by atoms with Gasteiger partial charge in [-0.05, 0) is 58.8 Å². The Morgan fingerprint density at radius 2 is 1.68 bits per heavy atom. The van der Waals surface area contributed by atoms with Gasteiger partial charge in [0.1, 0.15) is 11.5 Å². The summed E-state index contributed by atoms with van der Waals surface area (Å²) in [5.41, 5.74) is 0.137. The minimum Gasteiger partial charge on any atom is -0.463 e. The Hall–Kier alpha value is -0.800. The molecule has 1 aromatic rings. The van der Waals surface area contributed by atoms with Crippen LogP contribution < -0.4 is 5.32 Å². The molecule has 0 spiro atoms. The Bertz CT molecular complexity index is 370. The molecule has 0 radical (unpaired) electrons. The van der Waals surface area contributed by atoms with Crippen LogP contribution in [0.2, 0.25) is 0 Å². The monoisotopic (exact) mass is 264 g/mol. The van der Waals surface area contributed by atoms with Crippen LogP contribution >= 0.6 is 0 Å². The van der Waals surface area contributed by atoms with Gasteiger partial charge in [0, 0.05) is 5.54 Å². The van der Waals surface area contributed by atoms with Crippen molar-refractivity contribution < 1.29 is 4.42 Å². The second-order valence-corrected chi connectivity index (χ2v) is 6.66. The first kappa shape index (κ1) is 14.6. The summed E-state index contributed by atoms with van der Waals surface area (Å²) in [4.78, 5) is 2.52. The Morgan fingerprint density at radius 3 is 2.32 bits per heavy atom. The standard InChI is InChI=1S/C16H28N2O/c1-16(2,3)17-12-14-8-9-15(19-14)13-18-10-6-4-5-7-11-18/h8-9,17H,4-7,10-13H2,1-3H3. The highest BCUT2D eigenvalue weighted by atomic mass is 16.3. The van der Waals surface area contributed by atoms with Crippen LogP contribution in [0.1, 0.15) is 58.0 Å². The Kier molecular flexibility index (Phi) is 5.06. The lowest BCUT2D eigenvalue weighted by atomic mass is 10.1. The number of furan rings is 1. The van der Waals surface area contributed by atoms with Gasteiger partial charge in [0.2, 0.25) is 0 Å². The van der Waals surface area contributed by atoms with Gasteiger partial charge in [0.15, 0.2) is 0 Å². The van der Waals surface area contributed by atoms with E-state index in [2.05, 4.69) is 43.1 Å². The molecule has 1 aliphatic heterocycles. The van der Waals surface area contributed by atoms with E-state index in [1.54, 1.807) is 0 Å². The van der Waals surface area contributed by atoms with Crippen molar-refractivity contribution in [1.82, 2.24) is 10.2 Å². The summed E-state index contributed by atoms with van der Waals surface area (Å²) in [6, 6.07) is 4.23. The van der Waals surface area contributed by atoms with E-state index in [9.17, 15) is 0 Å². The van der Waals surface area contributed by atoms with Crippen molar-refractivity contribution in [1.29, 1.82) is 0 Å². The van der Waals surface area contributed by atoms with Gasteiger partial charge in [-0.15, -0.1) is 0 Å². The lowest BCUT2D eigenvalue weighted by molar-refractivity contribution is 0.248. The van der Waals surface area contributed by atoms with Crippen LogP contribution in [0.4, 0.5) is 0 Å². The Morgan fingerprint density at radius 1 is 1.05 bits per heavy atom. The lowest BCUT2D eigenvalue weighted by Crippen LogP contribution is -2.34. The maximum absolute atomic E-state index is 5.92. The predicted molar refractivity (Wildman–Crippen MR) is 79.0 cm³/mol. The van der Waals surface area contributed by atoms with Gasteiger partial charge in [-0.2, -0.15) is 0 Å². The van der Waals surface area contributed by atoms with Gasteiger partial charge in [-0.3, -0.25) is 4.90 Å². The molecule has 1 aromatic heterocycles. The first-order valence-electron chi connectivity index (χ1n) is 7.58. The lowest BCUT2D eigenvalue weighted by Gasteiger charge is -2.19. The van der Waals surface area contributed by atoms with Crippen molar-refractivity contribution in [3.63, 3.8) is 0 Å². The summed E-state index contributed by atoms with van der Waals surface area (Å²) < 4.78 is 5.92. The van der Waals surface area contributed by atoms with Crippen LogP contribution in [-0.2, 0) is 13.1 Å². The molecule has 0 atom stereocenters. The number of nitrogens with one attached hydrogen (secondary N) is 1. The number of hydrogen-bond acceptors (Lipinski definition) is 3. The second-order valence-electron chi connectivity index (χ2n) is 6.66. The molecule has 3 heteroatoms. The Labute approximate surface area is 117 Å². The molecule has 0 unspecified atom stereocenters. The maximum atomic E-state index is 5.92. The topological polar surface area (TPSA) is 28.4 Å². The third kappa shape index (κ3) is 5.37. The summed E-state index contributed by atoms with van der Waals surface area (Å²) in [5.74, 6) is 2.15. The normalized spacial score (nSPS) is 18.5. The van der Waals surface area contributed by atoms with Crippen LogP contribution in [0.3, 0.4) is 0 Å². The van der Waals surface area contributed by atoms with Crippen molar-refractivity contribution in [2.45, 2.75) is 65.1 Å². The summed E-state index contributed by atoms with van der Waals surface area (Å²) in [7, 11) is 0. The number of hydrogen-bond donors (Lipinski definition) is 1. The third-order valence-electron chi connectivity index (χ3n) is 3.59. The van der Waals surface area contributed by atoms with Gasteiger partial charge in [0.25, 0.3) is 0 Å². The number of nitrogens with zero attached hydrogens (tertiary/aromatic N) is 1. The zero-order valence-corrected chi connectivity index (χ0v) is 12.7.